The quantitative estimate of drug-likeness (QED) is 0.568. The van der Waals surface area contributed by atoms with Crippen molar-refractivity contribution in [3.8, 4) is 0 Å². The topological polar surface area (TPSA) is 77.2 Å². The Labute approximate surface area is 176 Å². The van der Waals surface area contributed by atoms with E-state index in [1.165, 1.54) is 12.8 Å². The number of carbonyl (C=O) groups is 2. The van der Waals surface area contributed by atoms with Gasteiger partial charge in [0.05, 0.1) is 6.42 Å². The molecule has 6 nitrogen and oxygen atoms in total. The van der Waals surface area contributed by atoms with Crippen LogP contribution in [0.1, 0.15) is 36.9 Å². The van der Waals surface area contributed by atoms with E-state index in [1.807, 2.05) is 60.4 Å². The predicted molar refractivity (Wildman–Crippen MR) is 121 cm³/mol. The van der Waals surface area contributed by atoms with Gasteiger partial charge in [-0.1, -0.05) is 31.0 Å². The Morgan fingerprint density at radius 2 is 1.53 bits per heavy atom. The number of aryl methyl sites for hydroxylation is 1. The molecule has 1 saturated heterocycles. The molecular formula is C24H28N4O2. The second-order valence-electron chi connectivity index (χ2n) is 7.91. The van der Waals surface area contributed by atoms with Gasteiger partial charge in [-0.2, -0.15) is 0 Å². The Morgan fingerprint density at radius 3 is 2.23 bits per heavy atom. The summed E-state index contributed by atoms with van der Waals surface area (Å²) in [5.41, 5.74) is 4.52. The van der Waals surface area contributed by atoms with E-state index in [9.17, 15) is 9.59 Å². The normalized spacial score (nSPS) is 14.4. The number of H-pyrrole nitrogens is 1. The lowest BCUT2D eigenvalue weighted by Gasteiger charge is -2.20. The number of hydrogen-bond acceptors (Lipinski definition) is 2. The van der Waals surface area contributed by atoms with Gasteiger partial charge in [0.1, 0.15) is 0 Å². The van der Waals surface area contributed by atoms with E-state index in [1.54, 1.807) is 0 Å². The summed E-state index contributed by atoms with van der Waals surface area (Å²) >= 11 is 0. The molecule has 0 aliphatic carbocycles. The second-order valence-corrected chi connectivity index (χ2v) is 7.91. The lowest BCUT2D eigenvalue weighted by Crippen LogP contribution is -2.35. The van der Waals surface area contributed by atoms with Crippen LogP contribution in [0.4, 0.5) is 16.2 Å². The molecule has 0 radical (unpaired) electrons. The van der Waals surface area contributed by atoms with Crippen LogP contribution in [0.25, 0.3) is 10.9 Å². The van der Waals surface area contributed by atoms with Crippen LogP contribution in [0.2, 0.25) is 0 Å². The molecule has 1 fully saturated rings. The van der Waals surface area contributed by atoms with Crippen molar-refractivity contribution in [2.45, 2.75) is 39.0 Å². The number of benzene rings is 2. The highest BCUT2D eigenvalue weighted by atomic mass is 16.2. The van der Waals surface area contributed by atoms with Crippen LogP contribution in [0, 0.1) is 6.92 Å². The number of rotatable bonds is 4. The van der Waals surface area contributed by atoms with Gasteiger partial charge in [-0.25, -0.2) is 4.79 Å². The summed E-state index contributed by atoms with van der Waals surface area (Å²) < 4.78 is 0. The molecule has 6 heteroatoms. The minimum Gasteiger partial charge on any atom is -0.358 e. The van der Waals surface area contributed by atoms with Gasteiger partial charge in [0.15, 0.2) is 0 Å². The van der Waals surface area contributed by atoms with E-state index in [0.717, 1.165) is 53.8 Å². The summed E-state index contributed by atoms with van der Waals surface area (Å²) in [6.07, 6.45) is 4.82. The molecule has 3 amide bonds. The third kappa shape index (κ3) is 4.64. The molecule has 1 aliphatic rings. The van der Waals surface area contributed by atoms with Crippen LogP contribution < -0.4 is 10.6 Å². The Kier molecular flexibility index (Phi) is 6.02. The highest BCUT2D eigenvalue weighted by Gasteiger charge is 2.16. The Bertz CT molecular complexity index is 1030. The highest BCUT2D eigenvalue weighted by Crippen LogP contribution is 2.23. The molecule has 0 unspecified atom stereocenters. The van der Waals surface area contributed by atoms with E-state index in [4.69, 9.17) is 0 Å². The van der Waals surface area contributed by atoms with E-state index < -0.39 is 0 Å². The molecule has 0 saturated carbocycles. The van der Waals surface area contributed by atoms with Crippen LogP contribution in [-0.2, 0) is 11.2 Å². The van der Waals surface area contributed by atoms with Crippen molar-refractivity contribution < 1.29 is 9.59 Å². The van der Waals surface area contributed by atoms with Crippen LogP contribution in [0.5, 0.6) is 0 Å². The maximum Gasteiger partial charge on any atom is 0.321 e. The molecule has 1 aliphatic heterocycles. The Morgan fingerprint density at radius 1 is 0.900 bits per heavy atom. The average molecular weight is 405 g/mol. The van der Waals surface area contributed by atoms with Crippen LogP contribution in [0.3, 0.4) is 0 Å². The Balaban J connectivity index is 1.35. The summed E-state index contributed by atoms with van der Waals surface area (Å²) in [7, 11) is 0. The molecule has 1 aromatic heterocycles. The van der Waals surface area contributed by atoms with Crippen molar-refractivity contribution in [2.24, 2.45) is 0 Å². The standard InChI is InChI=1S/C24H28N4O2/c1-17-21(20-8-4-5-9-22(20)25-17)16-23(29)26-18-10-12-19(13-11-18)27-24(30)28-14-6-2-3-7-15-28/h4-5,8-13,25H,2-3,6-7,14-16H2,1H3,(H,26,29)(H,27,30). The van der Waals surface area contributed by atoms with E-state index in [0.29, 0.717) is 12.1 Å². The number of para-hydroxylation sites is 1. The lowest BCUT2D eigenvalue weighted by atomic mass is 10.1. The smallest absolute Gasteiger partial charge is 0.321 e. The molecule has 2 aromatic carbocycles. The van der Waals surface area contributed by atoms with Gasteiger partial charge in [0.2, 0.25) is 5.91 Å². The molecule has 3 N–H and O–H groups in total. The molecule has 30 heavy (non-hydrogen) atoms. The number of amides is 3. The maximum absolute atomic E-state index is 12.6. The van der Waals surface area contributed by atoms with Crippen molar-refractivity contribution in [1.82, 2.24) is 9.88 Å². The SMILES string of the molecule is Cc1[nH]c2ccccc2c1CC(=O)Nc1ccc(NC(=O)N2CCCCCC2)cc1. The number of hydrogen-bond donors (Lipinski definition) is 3. The molecule has 0 atom stereocenters. The van der Waals surface area contributed by atoms with Crippen molar-refractivity contribution in [3.63, 3.8) is 0 Å². The van der Waals surface area contributed by atoms with Gasteiger partial charge in [-0.05, 0) is 55.7 Å². The predicted octanol–water partition coefficient (Wildman–Crippen LogP) is 5.07. The molecule has 0 bridgehead atoms. The lowest BCUT2D eigenvalue weighted by molar-refractivity contribution is -0.115. The number of urea groups is 1. The third-order valence-electron chi connectivity index (χ3n) is 5.68. The minimum atomic E-state index is -0.0656. The molecule has 2 heterocycles. The van der Waals surface area contributed by atoms with E-state index >= 15 is 0 Å². The molecule has 4 rings (SSSR count). The number of nitrogens with zero attached hydrogens (tertiary/aromatic N) is 1. The first-order valence-electron chi connectivity index (χ1n) is 10.6. The largest absolute Gasteiger partial charge is 0.358 e. The fourth-order valence-electron chi connectivity index (χ4n) is 4.04. The number of anilines is 2. The number of fused-ring (bicyclic) bond motifs is 1. The first-order chi connectivity index (χ1) is 14.6. The third-order valence-corrected chi connectivity index (χ3v) is 5.68. The fourth-order valence-corrected chi connectivity index (χ4v) is 4.04. The number of nitrogens with one attached hydrogen (secondary N) is 3. The van der Waals surface area contributed by atoms with Crippen molar-refractivity contribution in [3.05, 3.63) is 59.8 Å². The first kappa shape index (κ1) is 20.0. The first-order valence-corrected chi connectivity index (χ1v) is 10.6. The fraction of sp³-hybridized carbons (Fsp3) is 0.333. The molecule has 3 aromatic rings. The number of aromatic amines is 1. The van der Waals surface area contributed by atoms with Crippen LogP contribution in [-0.4, -0.2) is 34.9 Å². The van der Waals surface area contributed by atoms with E-state index in [2.05, 4.69) is 15.6 Å². The van der Waals surface area contributed by atoms with Crippen LogP contribution >= 0.6 is 0 Å². The maximum atomic E-state index is 12.6. The van der Waals surface area contributed by atoms with Crippen LogP contribution in [0.15, 0.2) is 48.5 Å². The van der Waals surface area contributed by atoms with Crippen molar-refractivity contribution in [2.75, 3.05) is 23.7 Å². The average Bonchev–Trinajstić information content (AvgIpc) is 2.91. The zero-order valence-electron chi connectivity index (χ0n) is 17.3. The van der Waals surface area contributed by atoms with E-state index in [-0.39, 0.29) is 11.9 Å². The number of aromatic nitrogens is 1. The highest BCUT2D eigenvalue weighted by molar-refractivity contribution is 5.96. The second kappa shape index (κ2) is 9.03. The van der Waals surface area contributed by atoms with Gasteiger partial charge in [-0.3, -0.25) is 4.79 Å². The zero-order valence-corrected chi connectivity index (χ0v) is 17.3. The van der Waals surface area contributed by atoms with Crippen molar-refractivity contribution >= 4 is 34.2 Å². The monoisotopic (exact) mass is 404 g/mol. The van der Waals surface area contributed by atoms with Gasteiger partial charge < -0.3 is 20.5 Å². The number of likely N-dealkylation sites (tertiary alicyclic amines) is 1. The summed E-state index contributed by atoms with van der Waals surface area (Å²) in [5.74, 6) is -0.0656. The summed E-state index contributed by atoms with van der Waals surface area (Å²) in [6, 6.07) is 15.2. The van der Waals surface area contributed by atoms with Gasteiger partial charge in [0, 0.05) is 41.1 Å². The van der Waals surface area contributed by atoms with Gasteiger partial charge >= 0.3 is 6.03 Å². The molecule has 156 valence electrons. The van der Waals surface area contributed by atoms with Crippen molar-refractivity contribution in [1.29, 1.82) is 0 Å². The van der Waals surface area contributed by atoms with Gasteiger partial charge in [0.25, 0.3) is 0 Å². The Hall–Kier alpha value is -3.28. The molecular weight excluding hydrogens is 376 g/mol. The number of carbonyl (C=O) groups excluding carboxylic acids is 2. The summed E-state index contributed by atoms with van der Waals surface area (Å²) in [4.78, 5) is 30.2. The summed E-state index contributed by atoms with van der Waals surface area (Å²) in [5, 5.41) is 6.98. The van der Waals surface area contributed by atoms with Gasteiger partial charge in [-0.15, -0.1) is 0 Å². The summed E-state index contributed by atoms with van der Waals surface area (Å²) in [6.45, 7) is 3.62. The molecule has 0 spiro atoms. The minimum absolute atomic E-state index is 0.0523. The zero-order chi connectivity index (χ0) is 20.9.